The molecular weight excluding hydrogens is 320 g/mol. The third kappa shape index (κ3) is 6.28. The third-order valence-electron chi connectivity index (χ3n) is 2.37. The Labute approximate surface area is 122 Å². The van der Waals surface area contributed by atoms with Crippen LogP contribution in [0.1, 0.15) is 18.4 Å². The first-order valence-corrected chi connectivity index (χ1v) is 6.13. The van der Waals surface area contributed by atoms with E-state index in [-0.39, 0.29) is 24.3 Å². The zero-order valence-electron chi connectivity index (χ0n) is 10.5. The summed E-state index contributed by atoms with van der Waals surface area (Å²) in [6.45, 7) is -0.175. The van der Waals surface area contributed by atoms with Crippen molar-refractivity contribution >= 4 is 18.5 Å². The summed E-state index contributed by atoms with van der Waals surface area (Å²) in [7, 11) is 0. The van der Waals surface area contributed by atoms with Crippen molar-refractivity contribution in [3.05, 3.63) is 29.8 Å². The minimum absolute atomic E-state index is 0.175. The number of thiol groups is 1. The molecule has 0 bridgehead atoms. The molecule has 0 aromatic heterocycles. The van der Waals surface area contributed by atoms with E-state index in [4.69, 9.17) is 4.74 Å². The van der Waals surface area contributed by atoms with Gasteiger partial charge in [-0.05, 0) is 43.5 Å². The lowest BCUT2D eigenvalue weighted by Gasteiger charge is -2.11. The fraction of sp³-hybridized carbons (Fsp3) is 0.417. The van der Waals surface area contributed by atoms with Crippen LogP contribution in [-0.2, 0) is 0 Å². The maximum atomic E-state index is 12.5. The maximum absolute atomic E-state index is 12.5. The number of hydrogen-bond acceptors (Lipinski definition) is 3. The molecule has 0 radical (unpaired) electrons. The average molecular weight is 331 g/mol. The largest absolute Gasteiger partial charge is 0.494 e. The Morgan fingerprint density at radius 2 is 1.62 bits per heavy atom. The summed E-state index contributed by atoms with van der Waals surface area (Å²) in [4.78, 5) is 0. The van der Waals surface area contributed by atoms with Gasteiger partial charge in [0, 0.05) is 12.0 Å². The Morgan fingerprint density at radius 1 is 1.05 bits per heavy atom. The molecule has 0 N–H and O–H groups in total. The van der Waals surface area contributed by atoms with Crippen LogP contribution in [0, 0.1) is 0 Å². The van der Waals surface area contributed by atoms with Gasteiger partial charge < -0.3 is 4.74 Å². The standard InChI is InChI=1S/C12H11F6NOS/c13-11(14,15)6-1-7-20-9-4-2-8(3-5-9)10(19-21)12(16,17)18/h2-5,21H,1,6-7H2/b19-10+. The number of ether oxygens (including phenoxy) is 1. The van der Waals surface area contributed by atoms with E-state index in [9.17, 15) is 26.3 Å². The lowest BCUT2D eigenvalue weighted by molar-refractivity contribution is -0.136. The second kappa shape index (κ2) is 7.06. The summed E-state index contributed by atoms with van der Waals surface area (Å²) >= 11 is 3.27. The van der Waals surface area contributed by atoms with Crippen LogP contribution in [0.2, 0.25) is 0 Å². The van der Waals surface area contributed by atoms with Gasteiger partial charge in [0.2, 0.25) is 0 Å². The molecule has 0 saturated carbocycles. The van der Waals surface area contributed by atoms with Gasteiger partial charge in [-0.15, -0.1) is 0 Å². The Morgan fingerprint density at radius 3 is 2.05 bits per heavy atom. The van der Waals surface area contributed by atoms with Crippen LogP contribution in [0.5, 0.6) is 5.75 Å². The van der Waals surface area contributed by atoms with Gasteiger partial charge in [0.25, 0.3) is 0 Å². The highest BCUT2D eigenvalue weighted by Crippen LogP contribution is 2.25. The number of benzene rings is 1. The van der Waals surface area contributed by atoms with E-state index in [1.807, 2.05) is 0 Å². The van der Waals surface area contributed by atoms with Crippen LogP contribution in [0.15, 0.2) is 28.7 Å². The van der Waals surface area contributed by atoms with E-state index < -0.39 is 24.5 Å². The Hall–Kier alpha value is -1.38. The highest BCUT2D eigenvalue weighted by atomic mass is 32.1. The summed E-state index contributed by atoms with van der Waals surface area (Å²) in [5.74, 6) is 0.182. The SMILES string of the molecule is FC(F)(F)CCCOc1ccc(/C(=N\S)C(F)(F)F)cc1. The predicted molar refractivity (Wildman–Crippen MR) is 68.8 cm³/mol. The topological polar surface area (TPSA) is 21.6 Å². The first kappa shape index (κ1) is 17.7. The molecule has 21 heavy (non-hydrogen) atoms. The van der Waals surface area contributed by atoms with Gasteiger partial charge in [-0.3, -0.25) is 0 Å². The minimum Gasteiger partial charge on any atom is -0.494 e. The molecule has 0 amide bonds. The molecule has 0 spiro atoms. The van der Waals surface area contributed by atoms with Gasteiger partial charge in [-0.25, -0.2) is 4.40 Å². The summed E-state index contributed by atoms with van der Waals surface area (Å²) in [5, 5.41) is 0. The molecule has 1 aromatic rings. The average Bonchev–Trinajstić information content (AvgIpc) is 2.34. The van der Waals surface area contributed by atoms with Crippen LogP contribution in [0.3, 0.4) is 0 Å². The highest BCUT2D eigenvalue weighted by Gasteiger charge is 2.36. The first-order chi connectivity index (χ1) is 9.63. The van der Waals surface area contributed by atoms with Gasteiger partial charge in [-0.2, -0.15) is 26.3 Å². The van der Waals surface area contributed by atoms with Crippen molar-refractivity contribution < 1.29 is 31.1 Å². The van der Waals surface area contributed by atoms with E-state index >= 15 is 0 Å². The van der Waals surface area contributed by atoms with Crippen LogP contribution < -0.4 is 4.74 Å². The fourth-order valence-corrected chi connectivity index (χ4v) is 1.68. The number of halogens is 6. The van der Waals surface area contributed by atoms with E-state index in [1.54, 1.807) is 0 Å². The van der Waals surface area contributed by atoms with E-state index in [0.717, 1.165) is 12.1 Å². The third-order valence-corrected chi connectivity index (χ3v) is 2.57. The summed E-state index contributed by atoms with van der Waals surface area (Å²) in [5.41, 5.74) is -1.37. The van der Waals surface area contributed by atoms with E-state index in [2.05, 4.69) is 17.2 Å². The number of alkyl halides is 6. The molecular formula is C12H11F6NOS. The van der Waals surface area contributed by atoms with Gasteiger partial charge in [0.15, 0.2) is 5.71 Å². The lowest BCUT2D eigenvalue weighted by Crippen LogP contribution is -2.23. The minimum atomic E-state index is -4.64. The van der Waals surface area contributed by atoms with Crippen molar-refractivity contribution in [3.63, 3.8) is 0 Å². The molecule has 0 atom stereocenters. The maximum Gasteiger partial charge on any atom is 0.434 e. The van der Waals surface area contributed by atoms with Gasteiger partial charge in [0.05, 0.1) is 6.61 Å². The number of rotatable bonds is 5. The van der Waals surface area contributed by atoms with Crippen molar-refractivity contribution in [3.8, 4) is 5.75 Å². The molecule has 0 fully saturated rings. The van der Waals surface area contributed by atoms with Crippen molar-refractivity contribution in [2.45, 2.75) is 25.2 Å². The Bertz CT molecular complexity index is 480. The van der Waals surface area contributed by atoms with Crippen molar-refractivity contribution in [1.82, 2.24) is 0 Å². The molecule has 118 valence electrons. The number of nitrogens with zero attached hydrogens (tertiary/aromatic N) is 1. The van der Waals surface area contributed by atoms with Crippen molar-refractivity contribution in [2.75, 3.05) is 6.61 Å². The zero-order valence-corrected chi connectivity index (χ0v) is 11.4. The second-order valence-electron chi connectivity index (χ2n) is 4.04. The molecule has 0 heterocycles. The summed E-state index contributed by atoms with van der Waals surface area (Å²) in [6.07, 6.45) is -10.1. The van der Waals surface area contributed by atoms with E-state index in [0.29, 0.717) is 0 Å². The summed E-state index contributed by atoms with van der Waals surface area (Å²) in [6, 6.07) is 4.69. The second-order valence-corrected chi connectivity index (χ2v) is 4.24. The Kier molecular flexibility index (Phi) is 5.94. The number of hydrogen-bond donors (Lipinski definition) is 1. The molecule has 9 heteroatoms. The van der Waals surface area contributed by atoms with Crippen LogP contribution in [0.4, 0.5) is 26.3 Å². The zero-order chi connectivity index (χ0) is 16.1. The Balaban J connectivity index is 2.59. The molecule has 0 saturated heterocycles. The molecule has 0 aliphatic carbocycles. The molecule has 0 aliphatic heterocycles. The van der Waals surface area contributed by atoms with Crippen LogP contribution >= 0.6 is 12.8 Å². The molecule has 0 unspecified atom stereocenters. The van der Waals surface area contributed by atoms with Gasteiger partial charge in [0.1, 0.15) is 5.75 Å². The lowest BCUT2D eigenvalue weighted by atomic mass is 10.1. The van der Waals surface area contributed by atoms with Crippen LogP contribution in [0.25, 0.3) is 0 Å². The smallest absolute Gasteiger partial charge is 0.434 e. The van der Waals surface area contributed by atoms with Crippen molar-refractivity contribution in [2.24, 2.45) is 4.40 Å². The quantitative estimate of drug-likeness (QED) is 0.362. The van der Waals surface area contributed by atoms with Crippen molar-refractivity contribution in [1.29, 1.82) is 0 Å². The van der Waals surface area contributed by atoms with Gasteiger partial charge in [-0.1, -0.05) is 0 Å². The first-order valence-electron chi connectivity index (χ1n) is 5.73. The highest BCUT2D eigenvalue weighted by molar-refractivity contribution is 7.79. The van der Waals surface area contributed by atoms with Gasteiger partial charge >= 0.3 is 12.4 Å². The summed E-state index contributed by atoms with van der Waals surface area (Å²) < 4.78 is 81.2. The molecule has 0 aliphatic rings. The monoisotopic (exact) mass is 331 g/mol. The van der Waals surface area contributed by atoms with E-state index in [1.165, 1.54) is 12.1 Å². The molecule has 1 aromatic carbocycles. The van der Waals surface area contributed by atoms with Crippen LogP contribution in [-0.4, -0.2) is 24.7 Å². The molecule has 2 nitrogen and oxygen atoms in total. The normalized spacial score (nSPS) is 13.4. The predicted octanol–water partition coefficient (Wildman–Crippen LogP) is 4.60. The molecule has 1 rings (SSSR count). The fourth-order valence-electron chi connectivity index (χ4n) is 1.45.